The maximum atomic E-state index is 13.6. The Balaban J connectivity index is 2.23. The topological polar surface area (TPSA) is 47.3 Å². The highest BCUT2D eigenvalue weighted by molar-refractivity contribution is 5.77. The molecule has 0 atom stereocenters. The Bertz CT molecular complexity index is 558. The number of hydrogen-bond acceptors (Lipinski definition) is 3. The molecule has 2 aromatic carbocycles. The molecule has 0 unspecified atom stereocenters. The van der Waals surface area contributed by atoms with Gasteiger partial charge in [0.25, 0.3) is 0 Å². The fourth-order valence-corrected chi connectivity index (χ4v) is 1.70. The summed E-state index contributed by atoms with van der Waals surface area (Å²) in [5.74, 6) is 0.296. The first-order valence-electron chi connectivity index (χ1n) is 6.25. The summed E-state index contributed by atoms with van der Waals surface area (Å²) < 4.78 is 19.1. The van der Waals surface area contributed by atoms with Gasteiger partial charge < -0.3 is 15.8 Å². The summed E-state index contributed by atoms with van der Waals surface area (Å²) >= 11 is 0. The summed E-state index contributed by atoms with van der Waals surface area (Å²) in [5.41, 5.74) is 7.53. The van der Waals surface area contributed by atoms with Crippen LogP contribution in [-0.4, -0.2) is 6.61 Å². The average molecular weight is 260 g/mol. The van der Waals surface area contributed by atoms with Gasteiger partial charge in [-0.2, -0.15) is 0 Å². The minimum absolute atomic E-state index is 0.318. The van der Waals surface area contributed by atoms with Crippen LogP contribution in [0.15, 0.2) is 42.5 Å². The third kappa shape index (κ3) is 3.16. The Labute approximate surface area is 112 Å². The predicted molar refractivity (Wildman–Crippen MR) is 76.3 cm³/mol. The van der Waals surface area contributed by atoms with Crippen molar-refractivity contribution in [2.24, 2.45) is 0 Å². The highest BCUT2D eigenvalue weighted by Crippen LogP contribution is 2.32. The second kappa shape index (κ2) is 6.09. The Morgan fingerprint density at radius 2 is 1.84 bits per heavy atom. The molecule has 2 aromatic rings. The highest BCUT2D eigenvalue weighted by Gasteiger charge is 2.08. The van der Waals surface area contributed by atoms with E-state index in [4.69, 9.17) is 10.5 Å². The van der Waals surface area contributed by atoms with Gasteiger partial charge >= 0.3 is 0 Å². The summed E-state index contributed by atoms with van der Waals surface area (Å²) in [6.07, 6.45) is 0.907. The van der Waals surface area contributed by atoms with E-state index in [0.29, 0.717) is 29.4 Å². The Kier molecular flexibility index (Phi) is 4.23. The molecule has 0 radical (unpaired) electrons. The van der Waals surface area contributed by atoms with Crippen molar-refractivity contribution in [3.8, 4) is 5.75 Å². The number of ether oxygens (including phenoxy) is 1. The molecule has 2 rings (SSSR count). The number of anilines is 3. The number of nitrogen functional groups attached to an aromatic ring is 1. The number of nitrogens with one attached hydrogen (secondary N) is 1. The molecule has 0 saturated heterocycles. The van der Waals surface area contributed by atoms with E-state index in [2.05, 4.69) is 5.32 Å². The molecule has 4 heteroatoms. The Hall–Kier alpha value is -2.23. The van der Waals surface area contributed by atoms with Crippen LogP contribution >= 0.6 is 0 Å². The van der Waals surface area contributed by atoms with Crippen LogP contribution in [0.4, 0.5) is 21.5 Å². The smallest absolute Gasteiger partial charge is 0.146 e. The molecule has 0 heterocycles. The summed E-state index contributed by atoms with van der Waals surface area (Å²) in [4.78, 5) is 0. The average Bonchev–Trinajstić information content (AvgIpc) is 2.42. The van der Waals surface area contributed by atoms with Crippen molar-refractivity contribution in [2.75, 3.05) is 17.7 Å². The molecule has 0 spiro atoms. The van der Waals surface area contributed by atoms with Crippen LogP contribution in [0.5, 0.6) is 5.75 Å². The maximum absolute atomic E-state index is 13.6. The second-order valence-electron chi connectivity index (χ2n) is 4.17. The molecule has 0 aliphatic rings. The van der Waals surface area contributed by atoms with Gasteiger partial charge in [-0.25, -0.2) is 4.39 Å². The van der Waals surface area contributed by atoms with Crippen LogP contribution in [0.25, 0.3) is 0 Å². The van der Waals surface area contributed by atoms with Gasteiger partial charge in [-0.15, -0.1) is 0 Å². The first-order valence-corrected chi connectivity index (χ1v) is 6.25. The van der Waals surface area contributed by atoms with Crippen molar-refractivity contribution in [2.45, 2.75) is 13.3 Å². The number of nitrogens with two attached hydrogens (primary N) is 1. The molecular weight excluding hydrogens is 243 g/mol. The molecule has 0 aliphatic heterocycles. The first-order chi connectivity index (χ1) is 9.22. The van der Waals surface area contributed by atoms with E-state index in [9.17, 15) is 4.39 Å². The summed E-state index contributed by atoms with van der Waals surface area (Å²) in [6, 6.07) is 11.9. The SMILES string of the molecule is CCCOc1cccc(Nc2ccccc2F)c1N. The number of rotatable bonds is 5. The highest BCUT2D eigenvalue weighted by atomic mass is 19.1. The third-order valence-electron chi connectivity index (χ3n) is 2.67. The van der Waals surface area contributed by atoms with Gasteiger partial charge in [-0.1, -0.05) is 25.1 Å². The van der Waals surface area contributed by atoms with Gasteiger partial charge in [-0.05, 0) is 30.7 Å². The lowest BCUT2D eigenvalue weighted by molar-refractivity contribution is 0.319. The maximum Gasteiger partial charge on any atom is 0.146 e. The minimum Gasteiger partial charge on any atom is -0.491 e. The van der Waals surface area contributed by atoms with Crippen LogP contribution in [0.1, 0.15) is 13.3 Å². The molecule has 3 nitrogen and oxygen atoms in total. The Morgan fingerprint density at radius 3 is 2.58 bits per heavy atom. The number of benzene rings is 2. The zero-order valence-electron chi connectivity index (χ0n) is 10.8. The zero-order chi connectivity index (χ0) is 13.7. The largest absolute Gasteiger partial charge is 0.491 e. The third-order valence-corrected chi connectivity index (χ3v) is 2.67. The van der Waals surface area contributed by atoms with Crippen molar-refractivity contribution in [3.05, 3.63) is 48.3 Å². The molecule has 0 amide bonds. The van der Waals surface area contributed by atoms with Crippen LogP contribution < -0.4 is 15.8 Å². The van der Waals surface area contributed by atoms with Crippen LogP contribution in [0.3, 0.4) is 0 Å². The summed E-state index contributed by atoms with van der Waals surface area (Å²) in [5, 5.41) is 2.98. The zero-order valence-corrected chi connectivity index (χ0v) is 10.8. The van der Waals surface area contributed by atoms with Crippen molar-refractivity contribution < 1.29 is 9.13 Å². The van der Waals surface area contributed by atoms with Crippen LogP contribution in [-0.2, 0) is 0 Å². The Morgan fingerprint density at radius 1 is 1.11 bits per heavy atom. The van der Waals surface area contributed by atoms with Gasteiger partial charge in [0.15, 0.2) is 0 Å². The number of para-hydroxylation sites is 2. The summed E-state index contributed by atoms with van der Waals surface area (Å²) in [6.45, 7) is 2.63. The summed E-state index contributed by atoms with van der Waals surface area (Å²) in [7, 11) is 0. The van der Waals surface area contributed by atoms with Gasteiger partial charge in [-0.3, -0.25) is 0 Å². The van der Waals surface area contributed by atoms with Crippen molar-refractivity contribution in [1.29, 1.82) is 0 Å². The lowest BCUT2D eigenvalue weighted by Crippen LogP contribution is -2.02. The number of halogens is 1. The van der Waals surface area contributed by atoms with E-state index in [1.165, 1.54) is 6.07 Å². The fraction of sp³-hybridized carbons (Fsp3) is 0.200. The molecular formula is C15H17FN2O. The second-order valence-corrected chi connectivity index (χ2v) is 4.17. The standard InChI is InChI=1S/C15H17FN2O/c1-2-10-19-14-9-5-8-13(15(14)17)18-12-7-4-3-6-11(12)16/h3-9,18H,2,10,17H2,1H3. The van der Waals surface area contributed by atoms with E-state index in [1.807, 2.05) is 13.0 Å². The van der Waals surface area contributed by atoms with E-state index >= 15 is 0 Å². The lowest BCUT2D eigenvalue weighted by atomic mass is 10.2. The molecule has 0 fully saturated rings. The molecule has 100 valence electrons. The van der Waals surface area contributed by atoms with Gasteiger partial charge in [0, 0.05) is 0 Å². The van der Waals surface area contributed by atoms with E-state index in [0.717, 1.165) is 6.42 Å². The predicted octanol–water partition coefficient (Wildman–Crippen LogP) is 3.94. The van der Waals surface area contributed by atoms with E-state index in [1.54, 1.807) is 30.3 Å². The molecule has 0 saturated carbocycles. The molecule has 0 aliphatic carbocycles. The number of hydrogen-bond donors (Lipinski definition) is 2. The first kappa shape index (κ1) is 13.2. The van der Waals surface area contributed by atoms with Gasteiger partial charge in [0.05, 0.1) is 23.7 Å². The van der Waals surface area contributed by atoms with Crippen LogP contribution in [0, 0.1) is 5.82 Å². The lowest BCUT2D eigenvalue weighted by Gasteiger charge is -2.13. The fourth-order valence-electron chi connectivity index (χ4n) is 1.70. The van der Waals surface area contributed by atoms with Crippen molar-refractivity contribution in [1.82, 2.24) is 0 Å². The monoisotopic (exact) mass is 260 g/mol. The molecule has 0 aromatic heterocycles. The quantitative estimate of drug-likeness (QED) is 0.800. The van der Waals surface area contributed by atoms with Gasteiger partial charge in [0.1, 0.15) is 11.6 Å². The molecule has 0 bridgehead atoms. The van der Waals surface area contributed by atoms with E-state index in [-0.39, 0.29) is 5.82 Å². The molecule has 19 heavy (non-hydrogen) atoms. The normalized spacial score (nSPS) is 10.2. The van der Waals surface area contributed by atoms with Gasteiger partial charge in [0.2, 0.25) is 0 Å². The molecule has 3 N–H and O–H groups in total. The van der Waals surface area contributed by atoms with Crippen molar-refractivity contribution >= 4 is 17.1 Å². The van der Waals surface area contributed by atoms with E-state index < -0.39 is 0 Å². The van der Waals surface area contributed by atoms with Crippen LogP contribution in [0.2, 0.25) is 0 Å². The minimum atomic E-state index is -0.318. The van der Waals surface area contributed by atoms with Crippen molar-refractivity contribution in [3.63, 3.8) is 0 Å².